The van der Waals surface area contributed by atoms with Crippen LogP contribution >= 0.6 is 0 Å². The Labute approximate surface area is 140 Å². The van der Waals surface area contributed by atoms with Crippen LogP contribution in [0.25, 0.3) is 5.65 Å². The molecule has 4 heterocycles. The molecule has 4 rings (SSSR count). The summed E-state index contributed by atoms with van der Waals surface area (Å²) in [5.74, 6) is 0.507. The van der Waals surface area contributed by atoms with Crippen LogP contribution in [-0.4, -0.2) is 43.5 Å². The number of aryl methyl sites for hydroxylation is 1. The van der Waals surface area contributed by atoms with Crippen LogP contribution < -0.4 is 0 Å². The van der Waals surface area contributed by atoms with E-state index < -0.39 is 0 Å². The number of hydrogen-bond acceptors (Lipinski definition) is 3. The molecule has 1 atom stereocenters. The Morgan fingerprint density at radius 1 is 1.33 bits per heavy atom. The van der Waals surface area contributed by atoms with Gasteiger partial charge in [-0.25, -0.2) is 4.98 Å². The van der Waals surface area contributed by atoms with E-state index in [-0.39, 0.29) is 5.91 Å². The predicted molar refractivity (Wildman–Crippen MR) is 90.8 cm³/mol. The number of rotatable bonds is 3. The number of nitrogens with zero attached hydrogens (tertiary/aromatic N) is 4. The minimum Gasteiger partial charge on any atom is -0.337 e. The second-order valence-electron chi connectivity index (χ2n) is 6.64. The normalized spacial score (nSPS) is 18.2. The topological polar surface area (TPSA) is 66.3 Å². The first kappa shape index (κ1) is 14.9. The van der Waals surface area contributed by atoms with E-state index in [1.165, 1.54) is 0 Å². The van der Waals surface area contributed by atoms with Gasteiger partial charge in [0.05, 0.1) is 0 Å². The molecule has 0 radical (unpaired) electrons. The Bertz CT molecular complexity index is 852. The molecule has 0 unspecified atom stereocenters. The Kier molecular flexibility index (Phi) is 3.80. The summed E-state index contributed by atoms with van der Waals surface area (Å²) in [5, 5.41) is 7.02. The number of H-pyrrole nitrogens is 1. The SMILES string of the molecule is Cc1ccc2nc(C(=O)N3CCC[C@H](Cc4ccn[nH]4)C3)cn2c1. The second-order valence-corrected chi connectivity index (χ2v) is 6.64. The van der Waals surface area contributed by atoms with Crippen molar-refractivity contribution in [3.05, 3.63) is 53.7 Å². The molecule has 1 fully saturated rings. The van der Waals surface area contributed by atoms with Crippen molar-refractivity contribution in [1.82, 2.24) is 24.5 Å². The molecule has 0 aromatic carbocycles. The second kappa shape index (κ2) is 6.11. The predicted octanol–water partition coefficient (Wildman–Crippen LogP) is 2.46. The highest BCUT2D eigenvalue weighted by molar-refractivity contribution is 5.93. The molecule has 0 bridgehead atoms. The smallest absolute Gasteiger partial charge is 0.274 e. The van der Waals surface area contributed by atoms with Gasteiger partial charge in [0.25, 0.3) is 5.91 Å². The van der Waals surface area contributed by atoms with Crippen molar-refractivity contribution >= 4 is 11.6 Å². The standard InChI is InChI=1S/C18H21N5O/c1-13-4-5-17-20-16(12-23(17)10-13)18(24)22-8-2-3-14(11-22)9-15-6-7-19-21-15/h4-7,10,12,14H,2-3,8-9,11H2,1H3,(H,19,21)/t14-/m1/s1. The van der Waals surface area contributed by atoms with Crippen LogP contribution in [0.1, 0.15) is 34.6 Å². The number of aromatic amines is 1. The molecule has 1 N–H and O–H groups in total. The molecule has 6 nitrogen and oxygen atoms in total. The maximum Gasteiger partial charge on any atom is 0.274 e. The molecule has 0 aliphatic carbocycles. The molecule has 1 aliphatic rings. The van der Waals surface area contributed by atoms with Crippen LogP contribution in [-0.2, 0) is 6.42 Å². The van der Waals surface area contributed by atoms with Crippen LogP contribution in [0.5, 0.6) is 0 Å². The van der Waals surface area contributed by atoms with Gasteiger partial charge in [-0.15, -0.1) is 0 Å². The van der Waals surface area contributed by atoms with E-state index in [4.69, 9.17) is 0 Å². The van der Waals surface area contributed by atoms with Gasteiger partial charge in [0, 0.05) is 37.4 Å². The van der Waals surface area contributed by atoms with E-state index in [1.807, 2.05) is 46.8 Å². The van der Waals surface area contributed by atoms with E-state index >= 15 is 0 Å². The first-order valence-electron chi connectivity index (χ1n) is 8.42. The molecule has 124 valence electrons. The highest BCUT2D eigenvalue weighted by Gasteiger charge is 2.26. The summed E-state index contributed by atoms with van der Waals surface area (Å²) in [7, 11) is 0. The zero-order valence-corrected chi connectivity index (χ0v) is 13.8. The summed E-state index contributed by atoms with van der Waals surface area (Å²) in [6.45, 7) is 3.63. The van der Waals surface area contributed by atoms with Crippen LogP contribution in [0, 0.1) is 12.8 Å². The Hall–Kier alpha value is -2.63. The summed E-state index contributed by atoms with van der Waals surface area (Å²) < 4.78 is 1.93. The number of pyridine rings is 1. The van der Waals surface area contributed by atoms with Gasteiger partial charge in [-0.2, -0.15) is 5.10 Å². The number of likely N-dealkylation sites (tertiary alicyclic amines) is 1. The summed E-state index contributed by atoms with van der Waals surface area (Å²) in [4.78, 5) is 19.3. The number of carbonyl (C=O) groups is 1. The van der Waals surface area contributed by atoms with Crippen LogP contribution in [0.4, 0.5) is 0 Å². The van der Waals surface area contributed by atoms with Crippen molar-refractivity contribution in [1.29, 1.82) is 0 Å². The van der Waals surface area contributed by atoms with Gasteiger partial charge >= 0.3 is 0 Å². The molecule has 3 aromatic heterocycles. The average Bonchev–Trinajstić information content (AvgIpc) is 3.23. The molecule has 1 amide bonds. The summed E-state index contributed by atoms with van der Waals surface area (Å²) in [6, 6.07) is 5.96. The van der Waals surface area contributed by atoms with Crippen molar-refractivity contribution in [2.24, 2.45) is 5.92 Å². The van der Waals surface area contributed by atoms with Gasteiger partial charge in [-0.3, -0.25) is 9.89 Å². The lowest BCUT2D eigenvalue weighted by Gasteiger charge is -2.32. The third-order valence-corrected chi connectivity index (χ3v) is 4.69. The lowest BCUT2D eigenvalue weighted by molar-refractivity contribution is 0.0667. The zero-order chi connectivity index (χ0) is 16.5. The molecule has 0 saturated carbocycles. The highest BCUT2D eigenvalue weighted by Crippen LogP contribution is 2.21. The van der Waals surface area contributed by atoms with Gasteiger partial charge in [-0.1, -0.05) is 6.07 Å². The molecule has 24 heavy (non-hydrogen) atoms. The number of imidazole rings is 1. The number of piperidine rings is 1. The van der Waals surface area contributed by atoms with Crippen LogP contribution in [0.2, 0.25) is 0 Å². The van der Waals surface area contributed by atoms with Gasteiger partial charge in [0.1, 0.15) is 11.3 Å². The van der Waals surface area contributed by atoms with Crippen LogP contribution in [0.3, 0.4) is 0 Å². The minimum atomic E-state index is 0.0330. The number of fused-ring (bicyclic) bond motifs is 1. The lowest BCUT2D eigenvalue weighted by atomic mass is 9.93. The molecule has 1 aliphatic heterocycles. The fraction of sp³-hybridized carbons (Fsp3) is 0.389. The van der Waals surface area contributed by atoms with E-state index in [0.717, 1.165) is 49.3 Å². The van der Waals surface area contributed by atoms with Crippen molar-refractivity contribution in [3.8, 4) is 0 Å². The molecule has 6 heteroatoms. The van der Waals surface area contributed by atoms with E-state index in [0.29, 0.717) is 11.6 Å². The summed E-state index contributed by atoms with van der Waals surface area (Å²) in [6.07, 6.45) is 8.73. The number of aromatic nitrogens is 4. The number of nitrogens with one attached hydrogen (secondary N) is 1. The Balaban J connectivity index is 1.50. The lowest BCUT2D eigenvalue weighted by Crippen LogP contribution is -2.40. The van der Waals surface area contributed by atoms with Gasteiger partial charge in [0.15, 0.2) is 0 Å². The van der Waals surface area contributed by atoms with Gasteiger partial charge in [-0.05, 0) is 49.8 Å². The number of amides is 1. The third kappa shape index (κ3) is 2.91. The van der Waals surface area contributed by atoms with Crippen molar-refractivity contribution in [3.63, 3.8) is 0 Å². The van der Waals surface area contributed by atoms with E-state index in [9.17, 15) is 4.79 Å². The molecular formula is C18H21N5O. The Morgan fingerprint density at radius 3 is 3.08 bits per heavy atom. The number of hydrogen-bond donors (Lipinski definition) is 1. The zero-order valence-electron chi connectivity index (χ0n) is 13.8. The van der Waals surface area contributed by atoms with Gasteiger partial charge in [0.2, 0.25) is 0 Å². The summed E-state index contributed by atoms with van der Waals surface area (Å²) >= 11 is 0. The molecule has 3 aromatic rings. The Morgan fingerprint density at radius 2 is 2.25 bits per heavy atom. The fourth-order valence-corrected chi connectivity index (χ4v) is 3.49. The van der Waals surface area contributed by atoms with Crippen molar-refractivity contribution in [2.75, 3.05) is 13.1 Å². The average molecular weight is 323 g/mol. The van der Waals surface area contributed by atoms with E-state index in [1.54, 1.807) is 6.20 Å². The van der Waals surface area contributed by atoms with Gasteiger partial charge < -0.3 is 9.30 Å². The number of carbonyl (C=O) groups excluding carboxylic acids is 1. The monoisotopic (exact) mass is 323 g/mol. The first-order chi connectivity index (χ1) is 11.7. The molecule has 0 spiro atoms. The maximum absolute atomic E-state index is 12.8. The highest BCUT2D eigenvalue weighted by atomic mass is 16.2. The fourth-order valence-electron chi connectivity index (χ4n) is 3.49. The maximum atomic E-state index is 12.8. The quantitative estimate of drug-likeness (QED) is 0.805. The first-order valence-corrected chi connectivity index (χ1v) is 8.42. The van der Waals surface area contributed by atoms with Crippen molar-refractivity contribution < 1.29 is 4.79 Å². The largest absolute Gasteiger partial charge is 0.337 e. The third-order valence-electron chi connectivity index (χ3n) is 4.69. The van der Waals surface area contributed by atoms with Crippen molar-refractivity contribution in [2.45, 2.75) is 26.2 Å². The minimum absolute atomic E-state index is 0.0330. The summed E-state index contributed by atoms with van der Waals surface area (Å²) in [5.41, 5.74) is 3.63. The van der Waals surface area contributed by atoms with Crippen LogP contribution in [0.15, 0.2) is 36.8 Å². The van der Waals surface area contributed by atoms with E-state index in [2.05, 4.69) is 15.2 Å². The molecule has 1 saturated heterocycles. The molecular weight excluding hydrogens is 302 g/mol.